The summed E-state index contributed by atoms with van der Waals surface area (Å²) in [5.74, 6) is -0.903. The second-order valence-corrected chi connectivity index (χ2v) is 6.33. The predicted molar refractivity (Wildman–Crippen MR) is 59.7 cm³/mol. The highest BCUT2D eigenvalue weighted by Crippen LogP contribution is 2.18. The van der Waals surface area contributed by atoms with E-state index >= 15 is 0 Å². The van der Waals surface area contributed by atoms with Crippen LogP contribution in [0.25, 0.3) is 0 Å². The number of carboxylic acid groups (broad SMARTS) is 1. The second-order valence-electron chi connectivity index (χ2n) is 4.35. The molecule has 1 aliphatic heterocycles. The van der Waals surface area contributed by atoms with Gasteiger partial charge in [-0.25, -0.2) is 8.42 Å². The van der Waals surface area contributed by atoms with Crippen LogP contribution < -0.4 is 0 Å². The van der Waals surface area contributed by atoms with E-state index in [0.29, 0.717) is 6.54 Å². The van der Waals surface area contributed by atoms with Crippen LogP contribution in [-0.4, -0.2) is 67.2 Å². The molecule has 1 aliphatic rings. The molecule has 0 aliphatic carbocycles. The Balaban J connectivity index is 2.81. The van der Waals surface area contributed by atoms with Crippen molar-refractivity contribution in [1.29, 1.82) is 0 Å². The van der Waals surface area contributed by atoms with E-state index in [0.717, 1.165) is 6.26 Å². The highest BCUT2D eigenvalue weighted by atomic mass is 32.2. The molecule has 1 unspecified atom stereocenters. The minimum Gasteiger partial charge on any atom is -0.481 e. The van der Waals surface area contributed by atoms with E-state index in [2.05, 4.69) is 0 Å². The van der Waals surface area contributed by atoms with Gasteiger partial charge in [-0.3, -0.25) is 9.69 Å². The molecule has 1 saturated heterocycles. The van der Waals surface area contributed by atoms with Crippen LogP contribution in [0, 0.1) is 0 Å². The van der Waals surface area contributed by atoms with Gasteiger partial charge in [0.2, 0.25) is 10.0 Å². The molecule has 0 bridgehead atoms. The molecule has 1 N–H and O–H groups in total. The van der Waals surface area contributed by atoms with Gasteiger partial charge in [0.05, 0.1) is 12.7 Å². The normalized spacial score (nSPS) is 29.2. The maximum absolute atomic E-state index is 11.4. The van der Waals surface area contributed by atoms with Crippen molar-refractivity contribution < 1.29 is 18.3 Å². The van der Waals surface area contributed by atoms with Gasteiger partial charge in [-0.1, -0.05) is 0 Å². The maximum Gasteiger partial charge on any atom is 0.304 e. The minimum absolute atomic E-state index is 0.0349. The number of hydrogen-bond donors (Lipinski definition) is 1. The fourth-order valence-corrected chi connectivity index (χ4v) is 2.83. The molecule has 0 aromatic rings. The van der Waals surface area contributed by atoms with Crippen molar-refractivity contribution >= 4 is 16.0 Å². The van der Waals surface area contributed by atoms with E-state index in [9.17, 15) is 13.2 Å². The van der Waals surface area contributed by atoms with Crippen molar-refractivity contribution in [3.8, 4) is 0 Å². The van der Waals surface area contributed by atoms with Crippen LogP contribution in [0.1, 0.15) is 13.3 Å². The van der Waals surface area contributed by atoms with Gasteiger partial charge < -0.3 is 5.11 Å². The monoisotopic (exact) mass is 250 g/mol. The standard InChI is InChI=1S/C9H18N2O4S/c1-7-5-11(16(3,14)15)6-8(10(7)2)4-9(12)13/h7-8H,4-6H2,1-3H3,(H,12,13)/t7-,8?/m0/s1. The van der Waals surface area contributed by atoms with Crippen molar-refractivity contribution in [3.05, 3.63) is 0 Å². The van der Waals surface area contributed by atoms with E-state index in [1.54, 1.807) is 0 Å². The molecule has 1 heterocycles. The predicted octanol–water partition coefficient (Wildman–Crippen LogP) is -0.575. The molecule has 1 fully saturated rings. The molecule has 0 spiro atoms. The third-order valence-electron chi connectivity index (χ3n) is 3.03. The fourth-order valence-electron chi connectivity index (χ4n) is 1.90. The Bertz CT molecular complexity index is 368. The van der Waals surface area contributed by atoms with Crippen LogP contribution in [0.15, 0.2) is 0 Å². The number of piperazine rings is 1. The summed E-state index contributed by atoms with van der Waals surface area (Å²) >= 11 is 0. The molecule has 0 amide bonds. The van der Waals surface area contributed by atoms with Crippen molar-refractivity contribution in [3.63, 3.8) is 0 Å². The van der Waals surface area contributed by atoms with Gasteiger partial charge in [0.1, 0.15) is 0 Å². The van der Waals surface area contributed by atoms with Crippen LogP contribution >= 0.6 is 0 Å². The number of aliphatic carboxylic acids is 1. The molecule has 7 heteroatoms. The first-order valence-electron chi connectivity index (χ1n) is 5.10. The summed E-state index contributed by atoms with van der Waals surface area (Å²) in [6.45, 7) is 2.57. The van der Waals surface area contributed by atoms with Crippen LogP contribution in [-0.2, 0) is 14.8 Å². The summed E-state index contributed by atoms with van der Waals surface area (Å²) in [6, 6.07) is -0.219. The number of carboxylic acids is 1. The Morgan fingerprint density at radius 2 is 2.00 bits per heavy atom. The Morgan fingerprint density at radius 3 is 2.44 bits per heavy atom. The Hall–Kier alpha value is -0.660. The lowest BCUT2D eigenvalue weighted by Gasteiger charge is -2.42. The Morgan fingerprint density at radius 1 is 1.44 bits per heavy atom. The molecule has 0 radical (unpaired) electrons. The average Bonchev–Trinajstić information content (AvgIpc) is 2.10. The quantitative estimate of drug-likeness (QED) is 0.725. The lowest BCUT2D eigenvalue weighted by Crippen LogP contribution is -2.57. The largest absolute Gasteiger partial charge is 0.481 e. The Labute approximate surface area is 95.9 Å². The second kappa shape index (κ2) is 4.68. The lowest BCUT2D eigenvalue weighted by atomic mass is 10.1. The summed E-state index contributed by atoms with van der Waals surface area (Å²) in [4.78, 5) is 12.6. The van der Waals surface area contributed by atoms with E-state index in [-0.39, 0.29) is 25.0 Å². The minimum atomic E-state index is -3.24. The van der Waals surface area contributed by atoms with Gasteiger partial charge in [0.25, 0.3) is 0 Å². The summed E-state index contributed by atoms with van der Waals surface area (Å²) in [6.07, 6.45) is 1.12. The van der Waals surface area contributed by atoms with E-state index in [1.165, 1.54) is 4.31 Å². The Kier molecular flexibility index (Phi) is 3.92. The number of likely N-dealkylation sites (N-methyl/N-ethyl adjacent to an activating group) is 1. The van der Waals surface area contributed by atoms with Gasteiger partial charge in [-0.2, -0.15) is 4.31 Å². The molecular weight excluding hydrogens is 232 g/mol. The molecule has 0 aromatic heterocycles. The first-order valence-corrected chi connectivity index (χ1v) is 6.95. The number of hydrogen-bond acceptors (Lipinski definition) is 4. The number of carbonyl (C=O) groups is 1. The summed E-state index contributed by atoms with van der Waals surface area (Å²) in [5.41, 5.74) is 0. The van der Waals surface area contributed by atoms with Crippen molar-refractivity contribution in [2.75, 3.05) is 26.4 Å². The maximum atomic E-state index is 11.4. The molecule has 2 atom stereocenters. The highest BCUT2D eigenvalue weighted by Gasteiger charge is 2.34. The first kappa shape index (κ1) is 13.4. The SMILES string of the molecule is C[C@H]1CN(S(C)(=O)=O)CC(CC(=O)O)N1C. The summed E-state index contributed by atoms with van der Waals surface area (Å²) < 4.78 is 24.2. The first-order chi connectivity index (χ1) is 7.21. The zero-order valence-corrected chi connectivity index (χ0v) is 10.6. The van der Waals surface area contributed by atoms with Gasteiger partial charge in [0, 0.05) is 25.2 Å². The third kappa shape index (κ3) is 3.16. The van der Waals surface area contributed by atoms with E-state index in [1.807, 2.05) is 18.9 Å². The molecule has 0 aromatic carbocycles. The molecular formula is C9H18N2O4S. The summed E-state index contributed by atoms with van der Waals surface area (Å²) in [5, 5.41) is 8.76. The van der Waals surface area contributed by atoms with Crippen LogP contribution in [0.5, 0.6) is 0 Å². The fraction of sp³-hybridized carbons (Fsp3) is 0.889. The highest BCUT2D eigenvalue weighted by molar-refractivity contribution is 7.88. The van der Waals surface area contributed by atoms with Crippen molar-refractivity contribution in [2.45, 2.75) is 25.4 Å². The zero-order valence-electron chi connectivity index (χ0n) is 9.75. The van der Waals surface area contributed by atoms with Crippen LogP contribution in [0.4, 0.5) is 0 Å². The average molecular weight is 250 g/mol. The topological polar surface area (TPSA) is 77.9 Å². The van der Waals surface area contributed by atoms with Gasteiger partial charge in [-0.15, -0.1) is 0 Å². The van der Waals surface area contributed by atoms with Crippen LogP contribution in [0.3, 0.4) is 0 Å². The van der Waals surface area contributed by atoms with E-state index in [4.69, 9.17) is 5.11 Å². The smallest absolute Gasteiger partial charge is 0.304 e. The zero-order chi connectivity index (χ0) is 12.5. The molecule has 16 heavy (non-hydrogen) atoms. The number of rotatable bonds is 3. The van der Waals surface area contributed by atoms with Gasteiger partial charge in [-0.05, 0) is 14.0 Å². The van der Waals surface area contributed by atoms with Crippen molar-refractivity contribution in [2.24, 2.45) is 0 Å². The van der Waals surface area contributed by atoms with E-state index < -0.39 is 16.0 Å². The number of sulfonamides is 1. The lowest BCUT2D eigenvalue weighted by molar-refractivity contribution is -0.139. The molecule has 6 nitrogen and oxygen atoms in total. The third-order valence-corrected chi connectivity index (χ3v) is 4.27. The van der Waals surface area contributed by atoms with Crippen molar-refractivity contribution in [1.82, 2.24) is 9.21 Å². The molecule has 94 valence electrons. The van der Waals surface area contributed by atoms with Gasteiger partial charge >= 0.3 is 5.97 Å². The number of nitrogens with zero attached hydrogens (tertiary/aromatic N) is 2. The summed E-state index contributed by atoms with van der Waals surface area (Å²) in [7, 11) is -1.41. The molecule has 0 saturated carbocycles. The van der Waals surface area contributed by atoms with Gasteiger partial charge in [0.15, 0.2) is 0 Å². The molecule has 1 rings (SSSR count). The van der Waals surface area contributed by atoms with Crippen LogP contribution in [0.2, 0.25) is 0 Å².